The molecule has 1 heterocycles. The second-order valence-corrected chi connectivity index (χ2v) is 11.4. The summed E-state index contributed by atoms with van der Waals surface area (Å²) in [5.41, 5.74) is 7.41. The Bertz CT molecular complexity index is 1360. The van der Waals surface area contributed by atoms with Crippen molar-refractivity contribution in [2.75, 3.05) is 6.61 Å². The quantitative estimate of drug-likeness (QED) is 0.342. The van der Waals surface area contributed by atoms with Crippen LogP contribution in [0.15, 0.2) is 42.5 Å². The molecule has 6 heteroatoms. The van der Waals surface area contributed by atoms with Crippen molar-refractivity contribution >= 4 is 5.97 Å². The molecular formula is C32H35FO5. The van der Waals surface area contributed by atoms with Gasteiger partial charge < -0.3 is 19.7 Å². The maximum atomic E-state index is 15.2. The number of hydrogen-bond donors (Lipinski definition) is 2. The van der Waals surface area contributed by atoms with Gasteiger partial charge in [0, 0.05) is 23.1 Å². The van der Waals surface area contributed by atoms with Crippen LogP contribution in [0.1, 0.15) is 78.5 Å². The van der Waals surface area contributed by atoms with Gasteiger partial charge in [0.2, 0.25) is 0 Å². The highest BCUT2D eigenvalue weighted by atomic mass is 19.1. The number of benzene rings is 3. The topological polar surface area (TPSA) is 76.0 Å². The number of carboxylic acid groups (broad SMARTS) is 1. The summed E-state index contributed by atoms with van der Waals surface area (Å²) in [5, 5.41) is 19.3. The Kier molecular flexibility index (Phi) is 6.95. The summed E-state index contributed by atoms with van der Waals surface area (Å²) in [6.07, 6.45) is 2.48. The number of carboxylic acids is 1. The zero-order valence-electron chi connectivity index (χ0n) is 22.4. The van der Waals surface area contributed by atoms with Gasteiger partial charge in [-0.25, -0.2) is 4.39 Å². The van der Waals surface area contributed by atoms with Gasteiger partial charge in [-0.15, -0.1) is 0 Å². The van der Waals surface area contributed by atoms with E-state index >= 15 is 4.39 Å². The minimum atomic E-state index is -0.852. The number of rotatable bonds is 8. The van der Waals surface area contributed by atoms with E-state index in [0.29, 0.717) is 42.9 Å². The molecule has 0 saturated carbocycles. The van der Waals surface area contributed by atoms with Gasteiger partial charge in [-0.3, -0.25) is 4.79 Å². The Morgan fingerprint density at radius 1 is 1.13 bits per heavy atom. The lowest BCUT2D eigenvalue weighted by Gasteiger charge is -2.20. The molecule has 0 fully saturated rings. The highest BCUT2D eigenvalue weighted by molar-refractivity contribution is 5.76. The fraction of sp³-hybridized carbons (Fsp3) is 0.406. The minimum absolute atomic E-state index is 0.0242. The van der Waals surface area contributed by atoms with Crippen LogP contribution in [0.25, 0.3) is 11.1 Å². The molecule has 0 bridgehead atoms. The normalized spacial score (nSPS) is 18.2. The van der Waals surface area contributed by atoms with Crippen molar-refractivity contribution in [1.82, 2.24) is 0 Å². The monoisotopic (exact) mass is 518 g/mol. The number of aliphatic carboxylic acids is 1. The third kappa shape index (κ3) is 5.28. The smallest absolute Gasteiger partial charge is 0.304 e. The second-order valence-electron chi connectivity index (χ2n) is 11.4. The van der Waals surface area contributed by atoms with Crippen LogP contribution in [0, 0.1) is 19.7 Å². The molecule has 0 aromatic heterocycles. The minimum Gasteiger partial charge on any atom is -0.492 e. The number of aliphatic hydroxyl groups is 1. The molecule has 0 amide bonds. The second kappa shape index (κ2) is 10.1. The Labute approximate surface area is 223 Å². The molecule has 0 spiro atoms. The lowest BCUT2D eigenvalue weighted by Crippen LogP contribution is -2.19. The van der Waals surface area contributed by atoms with Crippen molar-refractivity contribution in [3.8, 4) is 22.6 Å². The summed E-state index contributed by atoms with van der Waals surface area (Å²) in [5.74, 6) is -0.0584. The molecule has 5 nitrogen and oxygen atoms in total. The maximum Gasteiger partial charge on any atom is 0.304 e. The predicted molar refractivity (Wildman–Crippen MR) is 145 cm³/mol. The van der Waals surface area contributed by atoms with Gasteiger partial charge in [0.1, 0.15) is 23.4 Å². The van der Waals surface area contributed by atoms with Crippen LogP contribution in [0.4, 0.5) is 4.39 Å². The first-order valence-electron chi connectivity index (χ1n) is 13.3. The van der Waals surface area contributed by atoms with Crippen LogP contribution in [-0.4, -0.2) is 28.4 Å². The van der Waals surface area contributed by atoms with E-state index in [4.69, 9.17) is 14.6 Å². The first-order chi connectivity index (χ1) is 18.0. The van der Waals surface area contributed by atoms with Crippen molar-refractivity contribution < 1.29 is 28.9 Å². The number of halogens is 1. The SMILES string of the molecule is Cc1cc(CCC(C)(C)O)cc(C)c1-c1ccc(F)c2c1CC[C@H]2Oc1ccc2c(c1)OCC2CC(=O)O. The first-order valence-corrected chi connectivity index (χ1v) is 13.3. The van der Waals surface area contributed by atoms with Crippen LogP contribution >= 0.6 is 0 Å². The number of fused-ring (bicyclic) bond motifs is 2. The van der Waals surface area contributed by atoms with Gasteiger partial charge in [0.15, 0.2) is 0 Å². The zero-order valence-corrected chi connectivity index (χ0v) is 22.4. The molecule has 38 heavy (non-hydrogen) atoms. The zero-order chi connectivity index (χ0) is 27.2. The molecule has 2 N–H and O–H groups in total. The van der Waals surface area contributed by atoms with Gasteiger partial charge in [0.25, 0.3) is 0 Å². The highest BCUT2D eigenvalue weighted by Crippen LogP contribution is 2.45. The molecule has 0 radical (unpaired) electrons. The van der Waals surface area contributed by atoms with E-state index in [1.165, 1.54) is 5.56 Å². The molecule has 1 aliphatic heterocycles. The largest absolute Gasteiger partial charge is 0.492 e. The van der Waals surface area contributed by atoms with Crippen molar-refractivity contribution in [2.45, 2.75) is 77.4 Å². The van der Waals surface area contributed by atoms with Gasteiger partial charge in [-0.05, 0) is 98.9 Å². The van der Waals surface area contributed by atoms with E-state index < -0.39 is 17.7 Å². The van der Waals surface area contributed by atoms with Crippen molar-refractivity contribution in [3.05, 3.63) is 81.7 Å². The number of ether oxygens (including phenoxy) is 2. The molecule has 3 aromatic rings. The number of hydrogen-bond acceptors (Lipinski definition) is 4. The Hall–Kier alpha value is -3.38. The van der Waals surface area contributed by atoms with Crippen LogP contribution < -0.4 is 9.47 Å². The van der Waals surface area contributed by atoms with Crippen LogP contribution in [0.5, 0.6) is 11.5 Å². The van der Waals surface area contributed by atoms with E-state index in [1.54, 1.807) is 12.1 Å². The number of aryl methyl sites for hydroxylation is 3. The van der Waals surface area contributed by atoms with Gasteiger partial charge in [0.05, 0.1) is 18.6 Å². The standard InChI is InChI=1S/C32H35FO5/c1-18-13-20(11-12-32(3,4)36)14-19(2)30(18)24-7-9-26(33)31-25(24)8-10-27(31)38-22-5-6-23-21(15-29(34)35)17-37-28(23)16-22/h5-7,9,13-14,16,21,27,36H,8,10-12,15,17H2,1-4H3,(H,34,35)/t21?,27-/m1/s1. The van der Waals surface area contributed by atoms with Crippen molar-refractivity contribution in [2.24, 2.45) is 0 Å². The predicted octanol–water partition coefficient (Wildman–Crippen LogP) is 6.83. The van der Waals surface area contributed by atoms with Gasteiger partial charge in [-0.2, -0.15) is 0 Å². The summed E-state index contributed by atoms with van der Waals surface area (Å²) < 4.78 is 27.3. The van der Waals surface area contributed by atoms with Gasteiger partial charge in [-0.1, -0.05) is 24.3 Å². The maximum absolute atomic E-state index is 15.2. The molecular weight excluding hydrogens is 483 g/mol. The first kappa shape index (κ1) is 26.2. The molecule has 200 valence electrons. The molecule has 3 aromatic carbocycles. The molecule has 1 unspecified atom stereocenters. The molecule has 5 rings (SSSR count). The fourth-order valence-electron chi connectivity index (χ4n) is 5.97. The van der Waals surface area contributed by atoms with E-state index in [1.807, 2.05) is 32.0 Å². The van der Waals surface area contributed by atoms with E-state index in [0.717, 1.165) is 39.8 Å². The molecule has 2 aliphatic rings. The fourth-order valence-corrected chi connectivity index (χ4v) is 5.97. The Morgan fingerprint density at radius 2 is 1.87 bits per heavy atom. The van der Waals surface area contributed by atoms with E-state index in [-0.39, 0.29) is 18.2 Å². The third-order valence-electron chi connectivity index (χ3n) is 7.73. The van der Waals surface area contributed by atoms with Crippen molar-refractivity contribution in [1.29, 1.82) is 0 Å². The van der Waals surface area contributed by atoms with Crippen LogP contribution in [0.3, 0.4) is 0 Å². The van der Waals surface area contributed by atoms with Gasteiger partial charge >= 0.3 is 5.97 Å². The van der Waals surface area contributed by atoms with E-state index in [2.05, 4.69) is 26.0 Å². The highest BCUT2D eigenvalue weighted by Gasteiger charge is 2.32. The average molecular weight is 519 g/mol. The van der Waals surface area contributed by atoms with Crippen LogP contribution in [0.2, 0.25) is 0 Å². The summed E-state index contributed by atoms with van der Waals surface area (Å²) in [7, 11) is 0. The summed E-state index contributed by atoms with van der Waals surface area (Å²) in [6, 6.07) is 13.2. The molecule has 1 aliphatic carbocycles. The summed E-state index contributed by atoms with van der Waals surface area (Å²) in [4.78, 5) is 11.1. The van der Waals surface area contributed by atoms with E-state index in [9.17, 15) is 9.90 Å². The number of carbonyl (C=O) groups is 1. The Balaban J connectivity index is 1.41. The average Bonchev–Trinajstić information content (AvgIpc) is 3.43. The van der Waals surface area contributed by atoms with Crippen molar-refractivity contribution in [3.63, 3.8) is 0 Å². The lowest BCUT2D eigenvalue weighted by atomic mass is 9.88. The third-order valence-corrected chi connectivity index (χ3v) is 7.73. The van der Waals surface area contributed by atoms with Crippen LogP contribution in [-0.2, 0) is 17.6 Å². The molecule has 2 atom stereocenters. The summed E-state index contributed by atoms with van der Waals surface area (Å²) >= 11 is 0. The molecule has 0 saturated heterocycles. The lowest BCUT2D eigenvalue weighted by molar-refractivity contribution is -0.137. The Morgan fingerprint density at radius 3 is 2.55 bits per heavy atom. The summed E-state index contributed by atoms with van der Waals surface area (Å²) in [6.45, 7) is 8.18.